The number of rotatable bonds is 5. The predicted octanol–water partition coefficient (Wildman–Crippen LogP) is 2.30. The molecule has 4 heteroatoms. The van der Waals surface area contributed by atoms with Crippen molar-refractivity contribution in [1.29, 1.82) is 0 Å². The molecule has 4 bridgehead atoms. The summed E-state index contributed by atoms with van der Waals surface area (Å²) in [5.74, 6) is 2.79. The first-order chi connectivity index (χ1) is 11.0. The molecule has 5 rings (SSSR count). The molecule has 0 aliphatic heterocycles. The third kappa shape index (κ3) is 2.82. The van der Waals surface area contributed by atoms with Crippen molar-refractivity contribution in [3.8, 4) is 0 Å². The van der Waals surface area contributed by atoms with E-state index in [2.05, 4.69) is 0 Å². The number of hydrogen-bond acceptors (Lipinski definition) is 3. The summed E-state index contributed by atoms with van der Waals surface area (Å²) >= 11 is 0. The van der Waals surface area contributed by atoms with Crippen molar-refractivity contribution >= 4 is 5.91 Å². The van der Waals surface area contributed by atoms with Crippen molar-refractivity contribution < 1.29 is 9.90 Å². The topological polar surface area (TPSA) is 66.6 Å². The van der Waals surface area contributed by atoms with E-state index in [0.717, 1.165) is 50.0 Å². The first kappa shape index (κ1) is 15.9. The molecule has 0 spiro atoms. The van der Waals surface area contributed by atoms with Gasteiger partial charge in [-0.15, -0.1) is 0 Å². The summed E-state index contributed by atoms with van der Waals surface area (Å²) < 4.78 is 0. The third-order valence-electron chi connectivity index (χ3n) is 7.27. The number of aliphatic hydroxyl groups is 1. The van der Waals surface area contributed by atoms with Crippen LogP contribution in [-0.4, -0.2) is 41.1 Å². The summed E-state index contributed by atoms with van der Waals surface area (Å²) in [6.07, 6.45) is 11.9. The lowest BCUT2D eigenvalue weighted by atomic mass is 9.49. The zero-order chi connectivity index (χ0) is 16.1. The van der Waals surface area contributed by atoms with Crippen LogP contribution in [0.3, 0.4) is 0 Å². The van der Waals surface area contributed by atoms with Crippen molar-refractivity contribution in [2.75, 3.05) is 19.7 Å². The lowest BCUT2D eigenvalue weighted by Gasteiger charge is -2.58. The van der Waals surface area contributed by atoms with Crippen LogP contribution in [0.1, 0.15) is 64.2 Å². The van der Waals surface area contributed by atoms with Crippen LogP contribution in [0.5, 0.6) is 0 Å². The molecule has 0 aromatic heterocycles. The molecule has 5 aliphatic rings. The molecule has 1 amide bonds. The van der Waals surface area contributed by atoms with Gasteiger partial charge in [0.2, 0.25) is 5.91 Å². The summed E-state index contributed by atoms with van der Waals surface area (Å²) in [7, 11) is 0. The van der Waals surface area contributed by atoms with Gasteiger partial charge in [0, 0.05) is 13.1 Å². The average molecular weight is 320 g/mol. The molecule has 0 unspecified atom stereocenters. The minimum Gasteiger partial charge on any atom is -0.395 e. The predicted molar refractivity (Wildman–Crippen MR) is 89.7 cm³/mol. The SMILES string of the molecule is NC1(C(=O)N(CCO)CC23CC4CC(CC(C4)C2)C3)CCCC1. The van der Waals surface area contributed by atoms with Crippen LogP contribution < -0.4 is 5.73 Å². The van der Waals surface area contributed by atoms with Gasteiger partial charge >= 0.3 is 0 Å². The van der Waals surface area contributed by atoms with E-state index in [1.54, 1.807) is 0 Å². The molecule has 5 aliphatic carbocycles. The van der Waals surface area contributed by atoms with E-state index in [4.69, 9.17) is 5.73 Å². The smallest absolute Gasteiger partial charge is 0.242 e. The van der Waals surface area contributed by atoms with Gasteiger partial charge in [0.25, 0.3) is 0 Å². The second kappa shape index (κ2) is 5.73. The molecular weight excluding hydrogens is 288 g/mol. The van der Waals surface area contributed by atoms with Gasteiger partial charge in [0.1, 0.15) is 0 Å². The number of hydrogen-bond donors (Lipinski definition) is 2. The van der Waals surface area contributed by atoms with E-state index in [1.165, 1.54) is 38.5 Å². The zero-order valence-electron chi connectivity index (χ0n) is 14.3. The summed E-state index contributed by atoms with van der Waals surface area (Å²) in [6.45, 7) is 1.35. The molecule has 4 nitrogen and oxygen atoms in total. The molecule has 0 atom stereocenters. The molecule has 23 heavy (non-hydrogen) atoms. The average Bonchev–Trinajstić information content (AvgIpc) is 2.92. The maximum atomic E-state index is 13.1. The zero-order valence-corrected chi connectivity index (χ0v) is 14.3. The number of nitrogens with two attached hydrogens (primary N) is 1. The van der Waals surface area contributed by atoms with Gasteiger partial charge in [-0.2, -0.15) is 0 Å². The highest BCUT2D eigenvalue weighted by molar-refractivity contribution is 5.86. The normalized spacial score (nSPS) is 40.5. The number of carbonyl (C=O) groups is 1. The van der Waals surface area contributed by atoms with Gasteiger partial charge in [-0.25, -0.2) is 0 Å². The Hall–Kier alpha value is -0.610. The van der Waals surface area contributed by atoms with Crippen LogP contribution in [0, 0.1) is 23.2 Å². The van der Waals surface area contributed by atoms with Crippen LogP contribution in [0.4, 0.5) is 0 Å². The Kier molecular flexibility index (Phi) is 3.96. The van der Waals surface area contributed by atoms with E-state index in [0.29, 0.717) is 12.0 Å². The second-order valence-electron chi connectivity index (χ2n) is 9.23. The molecule has 5 fully saturated rings. The van der Waals surface area contributed by atoms with E-state index in [-0.39, 0.29) is 12.5 Å². The molecular formula is C19H32N2O2. The number of nitrogens with zero attached hydrogens (tertiary/aromatic N) is 1. The molecule has 0 aromatic rings. The van der Waals surface area contributed by atoms with Crippen LogP contribution in [0.15, 0.2) is 0 Å². The van der Waals surface area contributed by atoms with Gasteiger partial charge in [0.15, 0.2) is 0 Å². The fourth-order valence-corrected chi connectivity index (χ4v) is 6.80. The van der Waals surface area contributed by atoms with Crippen molar-refractivity contribution in [1.82, 2.24) is 4.90 Å². The second-order valence-corrected chi connectivity index (χ2v) is 9.23. The quantitative estimate of drug-likeness (QED) is 0.817. The van der Waals surface area contributed by atoms with Crippen molar-refractivity contribution in [2.24, 2.45) is 28.9 Å². The summed E-state index contributed by atoms with van der Waals surface area (Å²) in [5, 5.41) is 9.49. The fourth-order valence-electron chi connectivity index (χ4n) is 6.80. The van der Waals surface area contributed by atoms with Crippen molar-refractivity contribution in [2.45, 2.75) is 69.7 Å². The minimum absolute atomic E-state index is 0.0498. The number of carbonyl (C=O) groups excluding carboxylic acids is 1. The maximum absolute atomic E-state index is 13.1. The lowest BCUT2D eigenvalue weighted by molar-refractivity contribution is -0.143. The largest absolute Gasteiger partial charge is 0.395 e. The van der Waals surface area contributed by atoms with Crippen LogP contribution in [0.25, 0.3) is 0 Å². The van der Waals surface area contributed by atoms with Crippen molar-refractivity contribution in [3.63, 3.8) is 0 Å². The highest BCUT2D eigenvalue weighted by Crippen LogP contribution is 2.60. The first-order valence-corrected chi connectivity index (χ1v) is 9.71. The van der Waals surface area contributed by atoms with Gasteiger partial charge in [0.05, 0.1) is 12.1 Å². The van der Waals surface area contributed by atoms with E-state index in [1.807, 2.05) is 4.90 Å². The maximum Gasteiger partial charge on any atom is 0.242 e. The van der Waals surface area contributed by atoms with Crippen LogP contribution in [-0.2, 0) is 4.79 Å². The Morgan fingerprint density at radius 3 is 2.04 bits per heavy atom. The molecule has 0 heterocycles. The van der Waals surface area contributed by atoms with E-state index >= 15 is 0 Å². The van der Waals surface area contributed by atoms with Gasteiger partial charge in [-0.1, -0.05) is 12.8 Å². The summed E-state index contributed by atoms with van der Waals surface area (Å²) in [5.41, 5.74) is 6.10. The summed E-state index contributed by atoms with van der Waals surface area (Å²) in [6, 6.07) is 0. The molecule has 0 saturated heterocycles. The molecule has 130 valence electrons. The Morgan fingerprint density at radius 1 is 1.04 bits per heavy atom. The highest BCUT2D eigenvalue weighted by Gasteiger charge is 2.52. The van der Waals surface area contributed by atoms with Crippen LogP contribution in [0.2, 0.25) is 0 Å². The van der Waals surface area contributed by atoms with E-state index < -0.39 is 5.54 Å². The third-order valence-corrected chi connectivity index (χ3v) is 7.27. The first-order valence-electron chi connectivity index (χ1n) is 9.71. The lowest BCUT2D eigenvalue weighted by Crippen LogP contribution is -2.58. The highest BCUT2D eigenvalue weighted by atomic mass is 16.3. The molecule has 0 radical (unpaired) electrons. The van der Waals surface area contributed by atoms with Gasteiger partial charge < -0.3 is 15.7 Å². The monoisotopic (exact) mass is 320 g/mol. The Morgan fingerprint density at radius 2 is 1.57 bits per heavy atom. The Labute approximate surface area is 139 Å². The van der Waals surface area contributed by atoms with Crippen LogP contribution >= 0.6 is 0 Å². The summed E-state index contributed by atoms with van der Waals surface area (Å²) in [4.78, 5) is 15.0. The van der Waals surface area contributed by atoms with Gasteiger partial charge in [-0.05, 0) is 74.5 Å². The molecule has 0 aromatic carbocycles. The Bertz CT molecular complexity index is 435. The Balaban J connectivity index is 1.51. The van der Waals surface area contributed by atoms with Crippen molar-refractivity contribution in [3.05, 3.63) is 0 Å². The number of aliphatic hydroxyl groups excluding tert-OH is 1. The molecule has 5 saturated carbocycles. The standard InChI is InChI=1S/C19H32N2O2/c20-19(3-1-2-4-19)17(23)21(5-6-22)13-18-10-14-7-15(11-18)9-16(8-14)12-18/h14-16,22H,1-13,20H2. The number of amides is 1. The molecule has 3 N–H and O–H groups in total. The minimum atomic E-state index is -0.655. The van der Waals surface area contributed by atoms with Gasteiger partial charge in [-0.3, -0.25) is 4.79 Å². The fraction of sp³-hybridized carbons (Fsp3) is 0.947. The van der Waals surface area contributed by atoms with E-state index in [9.17, 15) is 9.90 Å².